The van der Waals surface area contributed by atoms with Crippen LogP contribution in [0.1, 0.15) is 43.5 Å². The fraction of sp³-hybridized carbons (Fsp3) is 0.562. The monoisotopic (exact) mass is 277 g/mol. The number of aromatic hydroxyl groups is 1. The van der Waals surface area contributed by atoms with Crippen molar-refractivity contribution in [1.29, 1.82) is 0 Å². The SMILES string of the molecule is COc1cccc(C(=O)NC2CCCC(C)C2C)c1O. The van der Waals surface area contributed by atoms with Crippen LogP contribution in [-0.2, 0) is 0 Å². The fourth-order valence-corrected chi connectivity index (χ4v) is 2.90. The number of para-hydroxylation sites is 1. The van der Waals surface area contributed by atoms with E-state index in [4.69, 9.17) is 4.74 Å². The molecular formula is C16H23NO3. The molecule has 1 saturated carbocycles. The molecule has 0 aromatic heterocycles. The zero-order valence-corrected chi connectivity index (χ0v) is 12.3. The van der Waals surface area contributed by atoms with E-state index < -0.39 is 0 Å². The standard InChI is InChI=1S/C16H23NO3/c1-10-6-4-8-13(11(10)2)17-16(19)12-7-5-9-14(20-3)15(12)18/h5,7,9-11,13,18H,4,6,8H2,1-3H3,(H,17,19). The van der Waals surface area contributed by atoms with Crippen LogP contribution >= 0.6 is 0 Å². The Balaban J connectivity index is 2.12. The Bertz CT molecular complexity index is 487. The number of benzene rings is 1. The van der Waals surface area contributed by atoms with E-state index >= 15 is 0 Å². The van der Waals surface area contributed by atoms with Gasteiger partial charge in [-0.15, -0.1) is 0 Å². The van der Waals surface area contributed by atoms with E-state index in [1.54, 1.807) is 18.2 Å². The third kappa shape index (κ3) is 2.89. The highest BCUT2D eigenvalue weighted by Gasteiger charge is 2.29. The first-order chi connectivity index (χ1) is 9.54. The third-order valence-electron chi connectivity index (χ3n) is 4.49. The first kappa shape index (κ1) is 14.7. The first-order valence-electron chi connectivity index (χ1n) is 7.21. The summed E-state index contributed by atoms with van der Waals surface area (Å²) in [5.41, 5.74) is 0.273. The van der Waals surface area contributed by atoms with E-state index in [9.17, 15) is 9.90 Å². The molecule has 1 aliphatic carbocycles. The normalized spacial score (nSPS) is 26.1. The molecule has 1 aromatic rings. The lowest BCUT2D eigenvalue weighted by molar-refractivity contribution is 0.0888. The number of rotatable bonds is 3. The Morgan fingerprint density at radius 1 is 1.35 bits per heavy atom. The molecule has 1 amide bonds. The van der Waals surface area contributed by atoms with Crippen molar-refractivity contribution in [3.05, 3.63) is 23.8 Å². The van der Waals surface area contributed by atoms with Gasteiger partial charge in [-0.2, -0.15) is 0 Å². The van der Waals surface area contributed by atoms with Gasteiger partial charge in [0.15, 0.2) is 11.5 Å². The molecule has 1 aromatic carbocycles. The molecule has 0 spiro atoms. The van der Waals surface area contributed by atoms with Gasteiger partial charge in [-0.3, -0.25) is 4.79 Å². The Morgan fingerprint density at radius 3 is 2.80 bits per heavy atom. The van der Waals surface area contributed by atoms with Crippen LogP contribution in [0.4, 0.5) is 0 Å². The van der Waals surface area contributed by atoms with Crippen LogP contribution in [0.15, 0.2) is 18.2 Å². The molecule has 2 N–H and O–H groups in total. The minimum atomic E-state index is -0.229. The highest BCUT2D eigenvalue weighted by Crippen LogP contribution is 2.32. The molecule has 20 heavy (non-hydrogen) atoms. The number of hydrogen-bond acceptors (Lipinski definition) is 3. The molecule has 2 rings (SSSR count). The van der Waals surface area contributed by atoms with Crippen molar-refractivity contribution in [2.24, 2.45) is 11.8 Å². The maximum absolute atomic E-state index is 12.3. The molecule has 4 nitrogen and oxygen atoms in total. The lowest BCUT2D eigenvalue weighted by atomic mass is 9.78. The van der Waals surface area contributed by atoms with Crippen LogP contribution < -0.4 is 10.1 Å². The van der Waals surface area contributed by atoms with Crippen LogP contribution in [0.5, 0.6) is 11.5 Å². The molecule has 0 bridgehead atoms. The summed E-state index contributed by atoms with van der Waals surface area (Å²) < 4.78 is 5.03. The molecule has 1 aliphatic rings. The molecule has 3 atom stereocenters. The lowest BCUT2D eigenvalue weighted by Gasteiger charge is -2.34. The van der Waals surface area contributed by atoms with E-state index in [0.29, 0.717) is 17.6 Å². The van der Waals surface area contributed by atoms with Crippen LogP contribution in [0.3, 0.4) is 0 Å². The number of ether oxygens (including phenoxy) is 1. The zero-order chi connectivity index (χ0) is 14.7. The van der Waals surface area contributed by atoms with Gasteiger partial charge in [0.25, 0.3) is 5.91 Å². The van der Waals surface area contributed by atoms with Crippen LogP contribution in [0.2, 0.25) is 0 Å². The highest BCUT2D eigenvalue weighted by atomic mass is 16.5. The second kappa shape index (κ2) is 6.16. The summed E-state index contributed by atoms with van der Waals surface area (Å²) in [6, 6.07) is 5.14. The predicted octanol–water partition coefficient (Wildman–Crippen LogP) is 2.96. The van der Waals surface area contributed by atoms with Gasteiger partial charge in [0.2, 0.25) is 0 Å². The summed E-state index contributed by atoms with van der Waals surface area (Å²) in [5.74, 6) is 1.08. The van der Waals surface area contributed by atoms with Gasteiger partial charge in [-0.1, -0.05) is 32.8 Å². The van der Waals surface area contributed by atoms with Crippen molar-refractivity contribution in [1.82, 2.24) is 5.32 Å². The molecule has 4 heteroatoms. The van der Waals surface area contributed by atoms with Gasteiger partial charge in [0, 0.05) is 6.04 Å². The van der Waals surface area contributed by atoms with Gasteiger partial charge in [0.1, 0.15) is 0 Å². The number of carbonyl (C=O) groups excluding carboxylic acids is 1. The van der Waals surface area contributed by atoms with E-state index in [2.05, 4.69) is 19.2 Å². The molecule has 110 valence electrons. The molecule has 1 fully saturated rings. The van der Waals surface area contributed by atoms with Crippen molar-refractivity contribution in [3.8, 4) is 11.5 Å². The van der Waals surface area contributed by atoms with Crippen molar-refractivity contribution < 1.29 is 14.6 Å². The second-order valence-corrected chi connectivity index (χ2v) is 5.70. The second-order valence-electron chi connectivity index (χ2n) is 5.70. The Morgan fingerprint density at radius 2 is 2.10 bits per heavy atom. The summed E-state index contributed by atoms with van der Waals surface area (Å²) in [6.07, 6.45) is 3.36. The Kier molecular flexibility index (Phi) is 4.53. The molecule has 0 saturated heterocycles. The topological polar surface area (TPSA) is 58.6 Å². The summed E-state index contributed by atoms with van der Waals surface area (Å²) in [4.78, 5) is 12.3. The molecule has 0 radical (unpaired) electrons. The summed E-state index contributed by atoms with van der Waals surface area (Å²) in [6.45, 7) is 4.41. The maximum Gasteiger partial charge on any atom is 0.255 e. The summed E-state index contributed by atoms with van der Waals surface area (Å²) in [7, 11) is 1.47. The number of nitrogens with one attached hydrogen (secondary N) is 1. The van der Waals surface area contributed by atoms with Crippen molar-refractivity contribution in [2.45, 2.75) is 39.2 Å². The lowest BCUT2D eigenvalue weighted by Crippen LogP contribution is -2.43. The first-order valence-corrected chi connectivity index (χ1v) is 7.21. The number of carbonyl (C=O) groups is 1. The van der Waals surface area contributed by atoms with Gasteiger partial charge in [-0.25, -0.2) is 0 Å². The van der Waals surface area contributed by atoms with Crippen molar-refractivity contribution >= 4 is 5.91 Å². The largest absolute Gasteiger partial charge is 0.504 e. The quantitative estimate of drug-likeness (QED) is 0.893. The molecular weight excluding hydrogens is 254 g/mol. The highest BCUT2D eigenvalue weighted by molar-refractivity contribution is 5.97. The molecule has 3 unspecified atom stereocenters. The molecule has 0 heterocycles. The average molecular weight is 277 g/mol. The van der Waals surface area contributed by atoms with Crippen LogP contribution in [0.25, 0.3) is 0 Å². The van der Waals surface area contributed by atoms with Gasteiger partial charge in [-0.05, 0) is 30.4 Å². The van der Waals surface area contributed by atoms with Crippen molar-refractivity contribution in [3.63, 3.8) is 0 Å². The van der Waals surface area contributed by atoms with Crippen LogP contribution in [-0.4, -0.2) is 24.2 Å². The summed E-state index contributed by atoms with van der Waals surface area (Å²) in [5, 5.41) is 13.1. The van der Waals surface area contributed by atoms with Crippen LogP contribution in [0, 0.1) is 11.8 Å². The number of phenolic OH excluding ortho intramolecular Hbond substituents is 1. The minimum absolute atomic E-state index is 0.0935. The minimum Gasteiger partial charge on any atom is -0.504 e. The zero-order valence-electron chi connectivity index (χ0n) is 12.3. The van der Waals surface area contributed by atoms with Gasteiger partial charge >= 0.3 is 0 Å². The number of methoxy groups -OCH3 is 1. The molecule has 0 aliphatic heterocycles. The van der Waals surface area contributed by atoms with E-state index in [0.717, 1.165) is 12.8 Å². The Hall–Kier alpha value is -1.71. The van der Waals surface area contributed by atoms with E-state index in [1.807, 2.05) is 0 Å². The number of amides is 1. The summed E-state index contributed by atoms with van der Waals surface area (Å²) >= 11 is 0. The van der Waals surface area contributed by atoms with Gasteiger partial charge < -0.3 is 15.2 Å². The maximum atomic E-state index is 12.3. The van der Waals surface area contributed by atoms with E-state index in [-0.39, 0.29) is 23.3 Å². The third-order valence-corrected chi connectivity index (χ3v) is 4.49. The average Bonchev–Trinajstić information content (AvgIpc) is 2.44. The van der Waals surface area contributed by atoms with Crippen molar-refractivity contribution in [2.75, 3.05) is 7.11 Å². The van der Waals surface area contributed by atoms with E-state index in [1.165, 1.54) is 13.5 Å². The number of hydrogen-bond donors (Lipinski definition) is 2. The Labute approximate surface area is 120 Å². The van der Waals surface area contributed by atoms with Gasteiger partial charge in [0.05, 0.1) is 12.7 Å². The smallest absolute Gasteiger partial charge is 0.255 e. The number of phenols is 1. The predicted molar refractivity (Wildman–Crippen MR) is 78.1 cm³/mol. The fourth-order valence-electron chi connectivity index (χ4n) is 2.90.